The van der Waals surface area contributed by atoms with Crippen LogP contribution in [-0.2, 0) is 0 Å². The molecule has 0 unspecified atom stereocenters. The third-order valence-electron chi connectivity index (χ3n) is 4.16. The predicted octanol–water partition coefficient (Wildman–Crippen LogP) is 3.53. The molecule has 0 saturated heterocycles. The summed E-state index contributed by atoms with van der Waals surface area (Å²) in [6.45, 7) is 0. The molecule has 0 radical (unpaired) electrons. The van der Waals surface area contributed by atoms with Gasteiger partial charge >= 0.3 is 6.29 Å². The number of H-pyrrole nitrogens is 2. The Morgan fingerprint density at radius 2 is 1.93 bits per heavy atom. The topological polar surface area (TPSA) is 105 Å². The third-order valence-corrected chi connectivity index (χ3v) is 4.16. The second kappa shape index (κ2) is 5.78. The number of nitrogens with zero attached hydrogens (tertiary/aromatic N) is 2. The molecule has 5 rings (SSSR count). The van der Waals surface area contributed by atoms with Crippen LogP contribution in [-0.4, -0.2) is 32.4 Å². The molecule has 0 spiro atoms. The summed E-state index contributed by atoms with van der Waals surface area (Å²) in [7, 11) is 0. The van der Waals surface area contributed by atoms with Gasteiger partial charge in [0.05, 0.1) is 16.7 Å². The number of amides is 1. The molecule has 3 heterocycles. The Bertz CT molecular complexity index is 1160. The van der Waals surface area contributed by atoms with E-state index in [1.165, 1.54) is 12.1 Å². The minimum absolute atomic E-state index is 0.106. The van der Waals surface area contributed by atoms with Crippen LogP contribution in [0.5, 0.6) is 11.5 Å². The lowest BCUT2D eigenvalue weighted by atomic mass is 10.1. The van der Waals surface area contributed by atoms with E-state index in [2.05, 4.69) is 35.0 Å². The molecule has 0 aliphatic carbocycles. The van der Waals surface area contributed by atoms with E-state index in [0.717, 1.165) is 5.56 Å². The van der Waals surface area contributed by atoms with Crippen molar-refractivity contribution in [2.45, 2.75) is 6.29 Å². The average Bonchev–Trinajstić information content (AvgIpc) is 3.36. The number of benzene rings is 2. The molecule has 0 atom stereocenters. The Morgan fingerprint density at radius 3 is 2.71 bits per heavy atom. The van der Waals surface area contributed by atoms with Gasteiger partial charge in [0, 0.05) is 29.5 Å². The van der Waals surface area contributed by atoms with Crippen LogP contribution in [0, 0.1) is 0 Å². The summed E-state index contributed by atoms with van der Waals surface area (Å²) in [4.78, 5) is 19.6. The maximum atomic E-state index is 13.1. The van der Waals surface area contributed by atoms with Gasteiger partial charge in [-0.3, -0.25) is 15.2 Å². The number of fused-ring (bicyclic) bond motifs is 2. The maximum absolute atomic E-state index is 13.1. The molecule has 0 saturated carbocycles. The van der Waals surface area contributed by atoms with Crippen LogP contribution in [0.3, 0.4) is 0 Å². The zero-order valence-electron chi connectivity index (χ0n) is 14.0. The molecule has 2 aromatic heterocycles. The lowest BCUT2D eigenvalue weighted by Crippen LogP contribution is -2.25. The standard InChI is InChI=1S/C18H11F2N5O3/c19-18(20)27-14-7-12-13(8-15(14)28-18)23-17(22-12)24-16(26)10-3-1-2-9(6-10)11-4-5-21-25-11/h1-8H,(H,21,25)(H2,22,23,24,26). The summed E-state index contributed by atoms with van der Waals surface area (Å²) in [5, 5.41) is 9.46. The molecule has 1 aliphatic heterocycles. The fraction of sp³-hybridized carbons (Fsp3) is 0.0556. The molecular weight excluding hydrogens is 372 g/mol. The first-order valence-corrected chi connectivity index (χ1v) is 8.18. The fourth-order valence-electron chi connectivity index (χ4n) is 2.93. The van der Waals surface area contributed by atoms with E-state index < -0.39 is 6.29 Å². The number of hydrogen-bond acceptors (Lipinski definition) is 5. The smallest absolute Gasteiger partial charge is 0.395 e. The van der Waals surface area contributed by atoms with Crippen LogP contribution in [0.1, 0.15) is 10.4 Å². The highest BCUT2D eigenvalue weighted by Gasteiger charge is 2.43. The molecule has 1 aliphatic rings. The van der Waals surface area contributed by atoms with Crippen molar-refractivity contribution in [3.05, 3.63) is 54.2 Å². The number of imidazole rings is 1. The molecule has 140 valence electrons. The number of carbonyl (C=O) groups excluding carboxylic acids is 1. The molecule has 10 heteroatoms. The van der Waals surface area contributed by atoms with E-state index in [-0.39, 0.29) is 23.4 Å². The van der Waals surface area contributed by atoms with Crippen molar-refractivity contribution in [2.75, 3.05) is 5.32 Å². The number of carbonyl (C=O) groups is 1. The molecule has 28 heavy (non-hydrogen) atoms. The van der Waals surface area contributed by atoms with Crippen molar-refractivity contribution in [1.29, 1.82) is 0 Å². The zero-order chi connectivity index (χ0) is 19.3. The van der Waals surface area contributed by atoms with Crippen LogP contribution in [0.2, 0.25) is 0 Å². The fourth-order valence-corrected chi connectivity index (χ4v) is 2.93. The van der Waals surface area contributed by atoms with Gasteiger partial charge in [0.2, 0.25) is 5.95 Å². The molecule has 4 aromatic rings. The van der Waals surface area contributed by atoms with Gasteiger partial charge in [-0.15, -0.1) is 8.78 Å². The first-order chi connectivity index (χ1) is 13.5. The van der Waals surface area contributed by atoms with Gasteiger partial charge in [-0.05, 0) is 18.2 Å². The number of halogens is 2. The summed E-state index contributed by atoms with van der Waals surface area (Å²) in [5.41, 5.74) is 2.67. The summed E-state index contributed by atoms with van der Waals surface area (Å²) >= 11 is 0. The minimum atomic E-state index is -3.70. The molecule has 3 N–H and O–H groups in total. The number of aromatic nitrogens is 4. The Hall–Kier alpha value is -3.95. The predicted molar refractivity (Wildman–Crippen MR) is 94.3 cm³/mol. The molecular formula is C18H11F2N5O3. The van der Waals surface area contributed by atoms with Gasteiger partial charge in [-0.2, -0.15) is 5.10 Å². The number of alkyl halides is 2. The first-order valence-electron chi connectivity index (χ1n) is 8.18. The van der Waals surface area contributed by atoms with Crippen LogP contribution in [0.15, 0.2) is 48.7 Å². The molecule has 2 aromatic carbocycles. The van der Waals surface area contributed by atoms with Crippen molar-refractivity contribution in [3.8, 4) is 22.8 Å². The van der Waals surface area contributed by atoms with Crippen molar-refractivity contribution in [1.82, 2.24) is 20.2 Å². The second-order valence-electron chi connectivity index (χ2n) is 6.06. The van der Waals surface area contributed by atoms with Gasteiger partial charge in [0.1, 0.15) is 0 Å². The van der Waals surface area contributed by atoms with Gasteiger partial charge in [-0.1, -0.05) is 12.1 Å². The van der Waals surface area contributed by atoms with Gasteiger partial charge in [-0.25, -0.2) is 4.98 Å². The van der Waals surface area contributed by atoms with Crippen LogP contribution < -0.4 is 14.8 Å². The van der Waals surface area contributed by atoms with Gasteiger partial charge in [0.25, 0.3) is 5.91 Å². The van der Waals surface area contributed by atoms with Crippen molar-refractivity contribution in [2.24, 2.45) is 0 Å². The number of hydrogen-bond donors (Lipinski definition) is 3. The number of rotatable bonds is 3. The van der Waals surface area contributed by atoms with E-state index in [1.807, 2.05) is 6.07 Å². The van der Waals surface area contributed by atoms with Gasteiger partial charge < -0.3 is 14.5 Å². The second-order valence-corrected chi connectivity index (χ2v) is 6.06. The van der Waals surface area contributed by atoms with E-state index in [4.69, 9.17) is 0 Å². The zero-order valence-corrected chi connectivity index (χ0v) is 14.0. The van der Waals surface area contributed by atoms with E-state index in [0.29, 0.717) is 22.3 Å². The highest BCUT2D eigenvalue weighted by atomic mass is 19.3. The largest absolute Gasteiger partial charge is 0.586 e. The van der Waals surface area contributed by atoms with Crippen molar-refractivity contribution in [3.63, 3.8) is 0 Å². The molecule has 1 amide bonds. The number of ether oxygens (including phenoxy) is 2. The lowest BCUT2D eigenvalue weighted by molar-refractivity contribution is -0.286. The molecule has 0 bridgehead atoms. The number of aromatic amines is 2. The van der Waals surface area contributed by atoms with Crippen molar-refractivity contribution < 1.29 is 23.0 Å². The minimum Gasteiger partial charge on any atom is -0.395 e. The Morgan fingerprint density at radius 1 is 1.11 bits per heavy atom. The Balaban J connectivity index is 1.40. The van der Waals surface area contributed by atoms with Crippen LogP contribution in [0.4, 0.5) is 14.7 Å². The van der Waals surface area contributed by atoms with E-state index >= 15 is 0 Å². The van der Waals surface area contributed by atoms with Crippen LogP contribution >= 0.6 is 0 Å². The third kappa shape index (κ3) is 2.80. The summed E-state index contributed by atoms with van der Waals surface area (Å²) in [6, 6.07) is 11.4. The summed E-state index contributed by atoms with van der Waals surface area (Å²) in [6.07, 6.45) is -2.01. The Kier molecular flexibility index (Phi) is 3.35. The van der Waals surface area contributed by atoms with Gasteiger partial charge in [0.15, 0.2) is 11.5 Å². The van der Waals surface area contributed by atoms with E-state index in [1.54, 1.807) is 30.5 Å². The highest BCUT2D eigenvalue weighted by molar-refractivity contribution is 6.04. The average molecular weight is 383 g/mol. The molecule has 8 nitrogen and oxygen atoms in total. The summed E-state index contributed by atoms with van der Waals surface area (Å²) in [5.74, 6) is -0.442. The highest BCUT2D eigenvalue weighted by Crippen LogP contribution is 2.42. The Labute approximate surface area is 155 Å². The quantitative estimate of drug-likeness (QED) is 0.502. The van der Waals surface area contributed by atoms with E-state index in [9.17, 15) is 13.6 Å². The lowest BCUT2D eigenvalue weighted by Gasteiger charge is -2.04. The monoisotopic (exact) mass is 383 g/mol. The van der Waals surface area contributed by atoms with Crippen molar-refractivity contribution >= 4 is 22.9 Å². The normalized spacial score (nSPS) is 14.4. The maximum Gasteiger partial charge on any atom is 0.586 e. The van der Waals surface area contributed by atoms with Crippen LogP contribution in [0.25, 0.3) is 22.3 Å². The number of nitrogens with one attached hydrogen (secondary N) is 3. The summed E-state index contributed by atoms with van der Waals surface area (Å²) < 4.78 is 35.1. The molecule has 0 fully saturated rings. The number of anilines is 1. The SMILES string of the molecule is O=C(Nc1nc2cc3c(cc2[nH]1)OC(F)(F)O3)c1cccc(-c2cc[nH]n2)c1. The first kappa shape index (κ1) is 16.2.